The Morgan fingerprint density at radius 1 is 1.10 bits per heavy atom. The molecule has 0 fully saturated rings. The van der Waals surface area contributed by atoms with Gasteiger partial charge in [0.15, 0.2) is 0 Å². The molecule has 114 valence electrons. The molecule has 1 aromatic carbocycles. The van der Waals surface area contributed by atoms with Crippen LogP contribution in [0.25, 0.3) is 0 Å². The molecule has 0 aliphatic heterocycles. The molecule has 20 heavy (non-hydrogen) atoms. The van der Waals surface area contributed by atoms with Gasteiger partial charge in [0.1, 0.15) is 0 Å². The van der Waals surface area contributed by atoms with Gasteiger partial charge in [0.2, 0.25) is 10.0 Å². The van der Waals surface area contributed by atoms with E-state index in [1.54, 1.807) is 12.1 Å². The number of hydrogen-bond acceptors (Lipinski definition) is 3. The zero-order valence-electron chi connectivity index (χ0n) is 12.9. The lowest BCUT2D eigenvalue weighted by Gasteiger charge is -2.18. The van der Waals surface area contributed by atoms with Gasteiger partial charge >= 0.3 is 0 Å². The first kappa shape index (κ1) is 17.1. The number of nitrogens with one attached hydrogen (secondary N) is 1. The average Bonchev–Trinajstić information content (AvgIpc) is 2.40. The molecule has 0 unspecified atom stereocenters. The topological polar surface area (TPSA) is 49.4 Å². The van der Waals surface area contributed by atoms with E-state index in [-0.39, 0.29) is 0 Å². The lowest BCUT2D eigenvalue weighted by molar-refractivity contribution is 0.445. The van der Waals surface area contributed by atoms with Gasteiger partial charge in [-0.2, -0.15) is 4.31 Å². The van der Waals surface area contributed by atoms with Gasteiger partial charge in [-0.05, 0) is 30.2 Å². The van der Waals surface area contributed by atoms with Crippen LogP contribution in [-0.4, -0.2) is 32.4 Å². The van der Waals surface area contributed by atoms with Gasteiger partial charge < -0.3 is 5.32 Å². The van der Waals surface area contributed by atoms with Crippen molar-refractivity contribution < 1.29 is 8.42 Å². The second kappa shape index (κ2) is 7.76. The molecule has 5 heteroatoms. The van der Waals surface area contributed by atoms with E-state index in [0.717, 1.165) is 18.7 Å². The molecule has 1 N–H and O–H groups in total. The highest BCUT2D eigenvalue weighted by Gasteiger charge is 2.20. The third-order valence-electron chi connectivity index (χ3n) is 3.15. The molecule has 0 aliphatic rings. The summed E-state index contributed by atoms with van der Waals surface area (Å²) in [5.74, 6) is 0.609. The molecule has 0 spiro atoms. The van der Waals surface area contributed by atoms with Crippen LogP contribution in [0.3, 0.4) is 0 Å². The summed E-state index contributed by atoms with van der Waals surface area (Å²) in [6.07, 6.45) is 0. The lowest BCUT2D eigenvalue weighted by atomic mass is 10.2. The fraction of sp³-hybridized carbons (Fsp3) is 0.600. The Balaban J connectivity index is 2.75. The van der Waals surface area contributed by atoms with Crippen molar-refractivity contribution in [2.75, 3.05) is 19.6 Å². The van der Waals surface area contributed by atoms with E-state index in [9.17, 15) is 8.42 Å². The first-order valence-electron chi connectivity index (χ1n) is 7.21. The summed E-state index contributed by atoms with van der Waals surface area (Å²) < 4.78 is 26.1. The maximum absolute atomic E-state index is 12.3. The third-order valence-corrected chi connectivity index (χ3v) is 5.21. The predicted octanol–water partition coefficient (Wildman–Crippen LogP) is 2.46. The Morgan fingerprint density at radius 2 is 1.65 bits per heavy atom. The molecule has 0 amide bonds. The molecular weight excluding hydrogens is 272 g/mol. The highest BCUT2D eigenvalue weighted by atomic mass is 32.2. The van der Waals surface area contributed by atoms with Crippen molar-refractivity contribution in [2.45, 2.75) is 39.1 Å². The monoisotopic (exact) mass is 298 g/mol. The summed E-state index contributed by atoms with van der Waals surface area (Å²) in [7, 11) is -3.34. The highest BCUT2D eigenvalue weighted by Crippen LogP contribution is 2.16. The Kier molecular flexibility index (Phi) is 6.65. The molecule has 1 rings (SSSR count). The van der Waals surface area contributed by atoms with Crippen LogP contribution in [0.4, 0.5) is 0 Å². The maximum Gasteiger partial charge on any atom is 0.243 e. The molecule has 0 bridgehead atoms. The van der Waals surface area contributed by atoms with Crippen LogP contribution >= 0.6 is 0 Å². The van der Waals surface area contributed by atoms with Crippen molar-refractivity contribution in [3.63, 3.8) is 0 Å². The molecule has 0 atom stereocenters. The number of nitrogens with zero attached hydrogens (tertiary/aromatic N) is 1. The molecule has 0 saturated heterocycles. The van der Waals surface area contributed by atoms with Crippen LogP contribution in [-0.2, 0) is 16.6 Å². The molecule has 4 nitrogen and oxygen atoms in total. The average molecular weight is 298 g/mol. The minimum Gasteiger partial charge on any atom is -0.312 e. The van der Waals surface area contributed by atoms with Crippen LogP contribution in [0.1, 0.15) is 33.3 Å². The van der Waals surface area contributed by atoms with Gasteiger partial charge in [0.05, 0.1) is 4.90 Å². The van der Waals surface area contributed by atoms with Crippen LogP contribution in [0.2, 0.25) is 0 Å². The van der Waals surface area contributed by atoms with Crippen molar-refractivity contribution in [1.29, 1.82) is 0 Å². The molecular formula is C15H26N2O2S. The summed E-state index contributed by atoms with van der Waals surface area (Å²) in [5, 5.41) is 3.34. The smallest absolute Gasteiger partial charge is 0.243 e. The Morgan fingerprint density at radius 3 is 2.10 bits per heavy atom. The largest absolute Gasteiger partial charge is 0.312 e. The molecule has 0 aliphatic carbocycles. The number of hydrogen-bond donors (Lipinski definition) is 1. The second-order valence-electron chi connectivity index (χ2n) is 5.26. The van der Waals surface area contributed by atoms with Gasteiger partial charge in [-0.3, -0.25) is 0 Å². The maximum atomic E-state index is 12.3. The van der Waals surface area contributed by atoms with Gasteiger partial charge in [-0.15, -0.1) is 0 Å². The van der Waals surface area contributed by atoms with Gasteiger partial charge in [0.25, 0.3) is 0 Å². The van der Waals surface area contributed by atoms with E-state index >= 15 is 0 Å². The van der Waals surface area contributed by atoms with Crippen LogP contribution in [0.15, 0.2) is 29.2 Å². The van der Waals surface area contributed by atoms with E-state index in [4.69, 9.17) is 0 Å². The highest BCUT2D eigenvalue weighted by molar-refractivity contribution is 7.89. The summed E-state index contributed by atoms with van der Waals surface area (Å²) >= 11 is 0. The summed E-state index contributed by atoms with van der Waals surface area (Å²) in [4.78, 5) is 0.369. The minimum atomic E-state index is -3.34. The van der Waals surface area contributed by atoms with E-state index in [1.807, 2.05) is 26.0 Å². The van der Waals surface area contributed by atoms with E-state index in [2.05, 4.69) is 19.2 Å². The summed E-state index contributed by atoms with van der Waals surface area (Å²) in [6, 6.07) is 7.15. The van der Waals surface area contributed by atoms with Crippen molar-refractivity contribution in [3.05, 3.63) is 29.8 Å². The fourth-order valence-electron chi connectivity index (χ4n) is 2.00. The van der Waals surface area contributed by atoms with E-state index < -0.39 is 10.0 Å². The molecule has 0 saturated carbocycles. The summed E-state index contributed by atoms with van der Waals surface area (Å²) in [6.45, 7) is 10.7. The standard InChI is InChI=1S/C15H26N2O2S/c1-5-17(6-2)20(18,19)15-9-7-14(8-10-15)12-16-11-13(3)4/h7-10,13,16H,5-6,11-12H2,1-4H3. The van der Waals surface area contributed by atoms with Gasteiger partial charge in [0, 0.05) is 19.6 Å². The number of sulfonamides is 1. The van der Waals surface area contributed by atoms with Gasteiger partial charge in [-0.1, -0.05) is 39.8 Å². The molecule has 0 heterocycles. The summed E-state index contributed by atoms with van der Waals surface area (Å²) in [5.41, 5.74) is 1.10. The molecule has 0 aromatic heterocycles. The molecule has 0 radical (unpaired) electrons. The number of benzene rings is 1. The zero-order valence-corrected chi connectivity index (χ0v) is 13.7. The molecule has 1 aromatic rings. The predicted molar refractivity (Wildman–Crippen MR) is 83.1 cm³/mol. The Bertz CT molecular complexity index is 491. The lowest BCUT2D eigenvalue weighted by Crippen LogP contribution is -2.30. The normalized spacial score (nSPS) is 12.3. The quantitative estimate of drug-likeness (QED) is 0.802. The van der Waals surface area contributed by atoms with Crippen molar-refractivity contribution >= 4 is 10.0 Å². The number of rotatable bonds is 8. The van der Waals surface area contributed by atoms with Crippen molar-refractivity contribution in [1.82, 2.24) is 9.62 Å². The fourth-order valence-corrected chi connectivity index (χ4v) is 3.46. The van der Waals surface area contributed by atoms with Crippen molar-refractivity contribution in [3.8, 4) is 0 Å². The SMILES string of the molecule is CCN(CC)S(=O)(=O)c1ccc(CNCC(C)C)cc1. The van der Waals surface area contributed by atoms with E-state index in [1.165, 1.54) is 4.31 Å². The van der Waals surface area contributed by atoms with Crippen LogP contribution in [0, 0.1) is 5.92 Å². The van der Waals surface area contributed by atoms with Crippen LogP contribution < -0.4 is 5.32 Å². The minimum absolute atomic E-state index is 0.369. The first-order chi connectivity index (χ1) is 9.41. The Hall–Kier alpha value is -0.910. The van der Waals surface area contributed by atoms with Crippen LogP contribution in [0.5, 0.6) is 0 Å². The van der Waals surface area contributed by atoms with Crippen molar-refractivity contribution in [2.24, 2.45) is 5.92 Å². The van der Waals surface area contributed by atoms with Gasteiger partial charge in [-0.25, -0.2) is 8.42 Å². The second-order valence-corrected chi connectivity index (χ2v) is 7.20. The van der Waals surface area contributed by atoms with E-state index in [0.29, 0.717) is 23.9 Å². The third kappa shape index (κ3) is 4.58. The first-order valence-corrected chi connectivity index (χ1v) is 8.65. The zero-order chi connectivity index (χ0) is 15.2. The Labute approximate surface area is 123 Å².